The molecule has 120 valence electrons. The van der Waals surface area contributed by atoms with E-state index >= 15 is 0 Å². The number of carbonyl (C=O) groups excluding carboxylic acids is 1. The molecule has 0 aromatic carbocycles. The lowest BCUT2D eigenvalue weighted by atomic mass is 10.1. The third-order valence-corrected chi connectivity index (χ3v) is 6.83. The van der Waals surface area contributed by atoms with Gasteiger partial charge >= 0.3 is 0 Å². The predicted octanol–water partition coefficient (Wildman–Crippen LogP) is 3.08. The Bertz CT molecular complexity index is 564. The van der Waals surface area contributed by atoms with Crippen molar-refractivity contribution >= 4 is 17.2 Å². The van der Waals surface area contributed by atoms with Crippen LogP contribution in [0.15, 0.2) is 0 Å². The van der Waals surface area contributed by atoms with Crippen molar-refractivity contribution in [1.82, 2.24) is 15.2 Å². The van der Waals surface area contributed by atoms with Crippen LogP contribution in [0, 0.1) is 6.92 Å². The monoisotopic (exact) mass is 319 g/mol. The average molecular weight is 319 g/mol. The van der Waals surface area contributed by atoms with Gasteiger partial charge in [0.15, 0.2) is 0 Å². The highest BCUT2D eigenvalue weighted by Gasteiger charge is 2.33. The summed E-state index contributed by atoms with van der Waals surface area (Å²) in [6.45, 7) is 3.76. The van der Waals surface area contributed by atoms with E-state index in [2.05, 4.69) is 10.2 Å². The van der Waals surface area contributed by atoms with E-state index in [9.17, 15) is 4.79 Å². The van der Waals surface area contributed by atoms with Gasteiger partial charge in [-0.15, -0.1) is 11.3 Å². The maximum atomic E-state index is 12.9. The molecule has 2 bridgehead atoms. The summed E-state index contributed by atoms with van der Waals surface area (Å²) in [4.78, 5) is 20.6. The first kappa shape index (κ1) is 14.6. The number of hydrogen-bond acceptors (Lipinski definition) is 4. The van der Waals surface area contributed by atoms with Crippen LogP contribution in [0.25, 0.3) is 0 Å². The minimum atomic E-state index is 0.216. The Hall–Kier alpha value is -0.940. The van der Waals surface area contributed by atoms with Crippen LogP contribution >= 0.6 is 11.3 Å². The van der Waals surface area contributed by atoms with Crippen molar-refractivity contribution in [1.29, 1.82) is 0 Å². The number of aromatic nitrogens is 1. The van der Waals surface area contributed by atoms with E-state index in [1.165, 1.54) is 43.5 Å². The molecule has 2 atom stereocenters. The molecule has 1 aliphatic carbocycles. The molecule has 3 heterocycles. The Labute approximate surface area is 136 Å². The Morgan fingerprint density at radius 2 is 1.95 bits per heavy atom. The fraction of sp³-hybridized carbons (Fsp3) is 0.765. The Morgan fingerprint density at radius 3 is 2.77 bits per heavy atom. The van der Waals surface area contributed by atoms with Gasteiger partial charge in [-0.2, -0.15) is 0 Å². The third-order valence-electron chi connectivity index (χ3n) is 5.52. The molecule has 2 aliphatic heterocycles. The molecule has 2 saturated heterocycles. The smallest absolute Gasteiger partial charge is 0.265 e. The molecule has 1 N–H and O–H groups in total. The first-order valence-electron chi connectivity index (χ1n) is 8.73. The van der Waals surface area contributed by atoms with Gasteiger partial charge < -0.3 is 10.2 Å². The molecule has 1 amide bonds. The Kier molecular flexibility index (Phi) is 3.95. The van der Waals surface area contributed by atoms with Gasteiger partial charge in [0, 0.05) is 31.1 Å². The van der Waals surface area contributed by atoms with Crippen molar-refractivity contribution in [3.8, 4) is 0 Å². The summed E-state index contributed by atoms with van der Waals surface area (Å²) in [6.07, 6.45) is 8.70. The first-order chi connectivity index (χ1) is 10.7. The average Bonchev–Trinajstić information content (AvgIpc) is 3.18. The lowest BCUT2D eigenvalue weighted by molar-refractivity contribution is 0.0752. The molecular formula is C17H25N3OS. The first-order valence-corrected chi connectivity index (χ1v) is 9.55. The van der Waals surface area contributed by atoms with Gasteiger partial charge in [0.2, 0.25) is 0 Å². The van der Waals surface area contributed by atoms with Crippen molar-refractivity contribution in [3.05, 3.63) is 15.6 Å². The molecule has 0 spiro atoms. The minimum Gasteiger partial charge on any atom is -0.336 e. The second kappa shape index (κ2) is 5.93. The van der Waals surface area contributed by atoms with Crippen molar-refractivity contribution in [3.63, 3.8) is 0 Å². The van der Waals surface area contributed by atoms with E-state index in [-0.39, 0.29) is 5.91 Å². The van der Waals surface area contributed by atoms with Gasteiger partial charge in [0.1, 0.15) is 4.88 Å². The number of carbonyl (C=O) groups is 1. The molecule has 0 radical (unpaired) electrons. The highest BCUT2D eigenvalue weighted by atomic mass is 32.1. The van der Waals surface area contributed by atoms with Crippen molar-refractivity contribution in [2.24, 2.45) is 0 Å². The Balaban J connectivity index is 1.52. The summed E-state index contributed by atoms with van der Waals surface area (Å²) in [7, 11) is 0. The zero-order valence-corrected chi connectivity index (χ0v) is 14.1. The molecular weight excluding hydrogens is 294 g/mol. The number of thiazole rings is 1. The third kappa shape index (κ3) is 2.69. The highest BCUT2D eigenvalue weighted by molar-refractivity contribution is 7.13. The SMILES string of the molecule is Cc1nc(C2CCCC2)sc1C(=O)N1CCC2CCC(C1)N2. The van der Waals surface area contributed by atoms with Crippen LogP contribution in [-0.4, -0.2) is 41.0 Å². The molecule has 2 unspecified atom stereocenters. The molecule has 1 saturated carbocycles. The number of rotatable bonds is 2. The van der Waals surface area contributed by atoms with Crippen LogP contribution in [0.2, 0.25) is 0 Å². The van der Waals surface area contributed by atoms with Crippen LogP contribution < -0.4 is 5.32 Å². The molecule has 4 nitrogen and oxygen atoms in total. The van der Waals surface area contributed by atoms with Gasteiger partial charge in [0.05, 0.1) is 10.7 Å². The summed E-state index contributed by atoms with van der Waals surface area (Å²) in [5.74, 6) is 0.820. The van der Waals surface area contributed by atoms with Gasteiger partial charge in [-0.25, -0.2) is 4.98 Å². The molecule has 3 aliphatic rings. The number of fused-ring (bicyclic) bond motifs is 2. The number of likely N-dealkylation sites (tertiary alicyclic amines) is 1. The minimum absolute atomic E-state index is 0.216. The highest BCUT2D eigenvalue weighted by Crippen LogP contribution is 2.37. The zero-order valence-electron chi connectivity index (χ0n) is 13.3. The van der Waals surface area contributed by atoms with Crippen LogP contribution in [0.1, 0.15) is 71.2 Å². The lowest BCUT2D eigenvalue weighted by Crippen LogP contribution is -2.39. The summed E-state index contributed by atoms with van der Waals surface area (Å²) < 4.78 is 0. The van der Waals surface area contributed by atoms with E-state index in [1.54, 1.807) is 11.3 Å². The van der Waals surface area contributed by atoms with Crippen molar-refractivity contribution in [2.75, 3.05) is 13.1 Å². The largest absolute Gasteiger partial charge is 0.336 e. The molecule has 3 fully saturated rings. The molecule has 4 rings (SSSR count). The lowest BCUT2D eigenvalue weighted by Gasteiger charge is -2.23. The fourth-order valence-electron chi connectivity index (χ4n) is 4.23. The number of nitrogens with one attached hydrogen (secondary N) is 1. The summed E-state index contributed by atoms with van der Waals surface area (Å²) >= 11 is 1.66. The summed E-state index contributed by atoms with van der Waals surface area (Å²) in [5.41, 5.74) is 0.944. The second-order valence-electron chi connectivity index (χ2n) is 7.13. The van der Waals surface area contributed by atoms with E-state index in [1.807, 2.05) is 6.92 Å². The normalized spacial score (nSPS) is 29.0. The summed E-state index contributed by atoms with van der Waals surface area (Å²) in [6, 6.07) is 1.12. The van der Waals surface area contributed by atoms with Crippen LogP contribution in [0.3, 0.4) is 0 Å². The van der Waals surface area contributed by atoms with Gasteiger partial charge in [-0.05, 0) is 39.0 Å². The van der Waals surface area contributed by atoms with Crippen molar-refractivity contribution < 1.29 is 4.79 Å². The second-order valence-corrected chi connectivity index (χ2v) is 8.16. The number of amides is 1. The maximum absolute atomic E-state index is 12.9. The zero-order chi connectivity index (χ0) is 15.1. The van der Waals surface area contributed by atoms with Crippen LogP contribution in [-0.2, 0) is 0 Å². The topological polar surface area (TPSA) is 45.2 Å². The predicted molar refractivity (Wildman–Crippen MR) is 88.5 cm³/mol. The van der Waals surface area contributed by atoms with Crippen LogP contribution in [0.5, 0.6) is 0 Å². The molecule has 22 heavy (non-hydrogen) atoms. The van der Waals surface area contributed by atoms with Crippen molar-refractivity contribution in [2.45, 2.75) is 69.9 Å². The number of hydrogen-bond donors (Lipinski definition) is 1. The van der Waals surface area contributed by atoms with E-state index in [0.29, 0.717) is 18.0 Å². The molecule has 1 aromatic rings. The molecule has 1 aromatic heterocycles. The van der Waals surface area contributed by atoms with E-state index in [0.717, 1.165) is 30.1 Å². The number of nitrogens with zero attached hydrogens (tertiary/aromatic N) is 2. The van der Waals surface area contributed by atoms with E-state index in [4.69, 9.17) is 4.98 Å². The van der Waals surface area contributed by atoms with Gasteiger partial charge in [-0.3, -0.25) is 4.79 Å². The van der Waals surface area contributed by atoms with Crippen LogP contribution in [0.4, 0.5) is 0 Å². The standard InChI is InChI=1S/C17H25N3OS/c1-11-15(22-16(18-11)12-4-2-3-5-12)17(21)20-9-8-13-6-7-14(10-20)19-13/h12-14,19H,2-10H2,1H3. The maximum Gasteiger partial charge on any atom is 0.265 e. The van der Waals surface area contributed by atoms with E-state index < -0.39 is 0 Å². The van der Waals surface area contributed by atoms with Gasteiger partial charge in [-0.1, -0.05) is 12.8 Å². The molecule has 5 heteroatoms. The summed E-state index contributed by atoms with van der Waals surface area (Å²) in [5, 5.41) is 4.85. The number of aryl methyl sites for hydroxylation is 1. The Morgan fingerprint density at radius 1 is 1.18 bits per heavy atom. The van der Waals surface area contributed by atoms with Gasteiger partial charge in [0.25, 0.3) is 5.91 Å². The fourth-order valence-corrected chi connectivity index (χ4v) is 5.44. The quantitative estimate of drug-likeness (QED) is 0.911.